The highest BCUT2D eigenvalue weighted by molar-refractivity contribution is 5.20. The van der Waals surface area contributed by atoms with E-state index < -0.39 is 0 Å². The molecule has 0 fully saturated rings. The van der Waals surface area contributed by atoms with Crippen molar-refractivity contribution in [3.05, 3.63) is 40.8 Å². The van der Waals surface area contributed by atoms with Crippen LogP contribution in [0.1, 0.15) is 12.8 Å². The van der Waals surface area contributed by atoms with Gasteiger partial charge in [0, 0.05) is 11.5 Å². The van der Waals surface area contributed by atoms with Crippen LogP contribution in [0.3, 0.4) is 0 Å². The second-order valence-electron chi connectivity index (χ2n) is 4.10. The summed E-state index contributed by atoms with van der Waals surface area (Å²) in [6.45, 7) is 3.06. The summed E-state index contributed by atoms with van der Waals surface area (Å²) in [5, 5.41) is 2.93. The van der Waals surface area contributed by atoms with Crippen molar-refractivity contribution in [1.82, 2.24) is 0 Å². The van der Waals surface area contributed by atoms with Gasteiger partial charge in [0.1, 0.15) is 17.6 Å². The first-order valence-electron chi connectivity index (χ1n) is 6.93. The Hall–Kier alpha value is -1.95. The fourth-order valence-corrected chi connectivity index (χ4v) is 1.50. The largest absolute Gasteiger partial charge is 0.494 e. The van der Waals surface area contributed by atoms with E-state index in [1.807, 2.05) is 30.3 Å². The predicted octanol–water partition coefficient (Wildman–Crippen LogP) is 3.12. The highest BCUT2D eigenvalue weighted by Crippen LogP contribution is 2.08. The maximum atomic E-state index is 7.96. The third kappa shape index (κ3) is 10.5. The number of nitrogens with zero attached hydrogens (tertiary/aromatic N) is 3. The van der Waals surface area contributed by atoms with E-state index in [1.54, 1.807) is 0 Å². The topological polar surface area (TPSA) is 85.7 Å². The summed E-state index contributed by atoms with van der Waals surface area (Å²) in [4.78, 5) is 6.97. The van der Waals surface area contributed by atoms with Crippen LogP contribution in [0.5, 0.6) is 5.75 Å². The summed E-state index contributed by atoms with van der Waals surface area (Å²) in [5.41, 5.74) is 7.96. The monoisotopic (exact) mass is 295 g/mol. The van der Waals surface area contributed by atoms with E-state index in [-0.39, 0.29) is 6.61 Å². The normalized spacial score (nSPS) is 9.90. The van der Waals surface area contributed by atoms with Gasteiger partial charge in [-0.15, -0.1) is 0 Å². The molecular weight excluding hydrogens is 274 g/mol. The van der Waals surface area contributed by atoms with Crippen molar-refractivity contribution in [3.63, 3.8) is 0 Å². The van der Waals surface area contributed by atoms with Gasteiger partial charge in [0.15, 0.2) is 0 Å². The molecule has 0 aliphatic rings. The fraction of sp³-hybridized carbons (Fsp3) is 0.571. The van der Waals surface area contributed by atoms with E-state index >= 15 is 0 Å². The van der Waals surface area contributed by atoms with E-state index in [0.29, 0.717) is 33.0 Å². The SMILES string of the molecule is [N-]=[N+]=NOCCOCCOCCCCOc1ccccc1. The van der Waals surface area contributed by atoms with Crippen LogP contribution in [-0.4, -0.2) is 39.6 Å². The van der Waals surface area contributed by atoms with E-state index in [2.05, 4.69) is 15.0 Å². The van der Waals surface area contributed by atoms with Gasteiger partial charge in [-0.1, -0.05) is 18.2 Å². The van der Waals surface area contributed by atoms with Gasteiger partial charge < -0.3 is 19.0 Å². The number of benzene rings is 1. The average molecular weight is 295 g/mol. The van der Waals surface area contributed by atoms with Crippen molar-refractivity contribution in [2.24, 2.45) is 5.28 Å². The highest BCUT2D eigenvalue weighted by atomic mass is 16.7. The van der Waals surface area contributed by atoms with Crippen molar-refractivity contribution in [2.75, 3.05) is 39.6 Å². The quantitative estimate of drug-likeness (QED) is 0.184. The highest BCUT2D eigenvalue weighted by Gasteiger charge is 1.94. The van der Waals surface area contributed by atoms with Crippen molar-refractivity contribution in [2.45, 2.75) is 12.8 Å². The molecule has 0 saturated carbocycles. The molecule has 0 aliphatic carbocycles. The summed E-state index contributed by atoms with van der Waals surface area (Å²) in [6, 6.07) is 9.76. The molecule has 0 unspecified atom stereocenters. The lowest BCUT2D eigenvalue weighted by atomic mass is 10.3. The zero-order valence-corrected chi connectivity index (χ0v) is 12.0. The third-order valence-corrected chi connectivity index (χ3v) is 2.48. The number of hydrogen-bond acceptors (Lipinski definition) is 5. The van der Waals surface area contributed by atoms with E-state index in [4.69, 9.17) is 19.7 Å². The molecule has 0 bridgehead atoms. The van der Waals surface area contributed by atoms with Gasteiger partial charge in [0.2, 0.25) is 0 Å². The summed E-state index contributed by atoms with van der Waals surface area (Å²) < 4.78 is 16.2. The summed E-state index contributed by atoms with van der Waals surface area (Å²) in [6.07, 6.45) is 1.91. The van der Waals surface area contributed by atoms with Gasteiger partial charge in [-0.2, -0.15) is 0 Å². The van der Waals surface area contributed by atoms with Gasteiger partial charge in [-0.3, -0.25) is 0 Å². The molecule has 0 N–H and O–H groups in total. The molecule has 0 spiro atoms. The van der Waals surface area contributed by atoms with Crippen molar-refractivity contribution in [1.29, 1.82) is 0 Å². The third-order valence-electron chi connectivity index (χ3n) is 2.48. The maximum Gasteiger partial charge on any atom is 0.120 e. The van der Waals surface area contributed by atoms with Crippen LogP contribution in [0.15, 0.2) is 35.6 Å². The number of hydrogen-bond donors (Lipinski definition) is 0. The van der Waals surface area contributed by atoms with E-state index in [1.165, 1.54) is 0 Å². The summed E-state index contributed by atoms with van der Waals surface area (Å²) in [5.74, 6) is 0.898. The molecule has 1 aromatic carbocycles. The van der Waals surface area contributed by atoms with Gasteiger partial charge >= 0.3 is 0 Å². The molecule has 0 radical (unpaired) electrons. The Kier molecular flexibility index (Phi) is 10.6. The van der Waals surface area contributed by atoms with Crippen LogP contribution >= 0.6 is 0 Å². The van der Waals surface area contributed by atoms with Gasteiger partial charge in [0.05, 0.1) is 26.4 Å². The van der Waals surface area contributed by atoms with Crippen LogP contribution < -0.4 is 4.74 Å². The lowest BCUT2D eigenvalue weighted by molar-refractivity contribution is 0.0136. The average Bonchev–Trinajstić information content (AvgIpc) is 2.53. The fourth-order valence-electron chi connectivity index (χ4n) is 1.50. The standard InChI is InChI=1S/C14H21N3O4/c15-16-17-21-13-12-19-11-10-18-8-4-5-9-20-14-6-2-1-3-7-14/h1-3,6-7H,4-5,8-13H2. The van der Waals surface area contributed by atoms with Crippen molar-refractivity contribution < 1.29 is 19.0 Å². The van der Waals surface area contributed by atoms with Gasteiger partial charge in [-0.05, 0) is 30.5 Å². The minimum Gasteiger partial charge on any atom is -0.494 e. The molecule has 0 amide bonds. The molecule has 0 saturated heterocycles. The van der Waals surface area contributed by atoms with Crippen LogP contribution in [0.2, 0.25) is 0 Å². The Bertz CT molecular complexity index is 396. The zero-order chi connectivity index (χ0) is 15.0. The first kappa shape index (κ1) is 17.1. The Morgan fingerprint density at radius 3 is 2.29 bits per heavy atom. The molecule has 1 aromatic rings. The minimum atomic E-state index is 0.251. The van der Waals surface area contributed by atoms with Crippen molar-refractivity contribution in [3.8, 4) is 5.75 Å². The number of para-hydroxylation sites is 1. The molecule has 0 heterocycles. The smallest absolute Gasteiger partial charge is 0.120 e. The second kappa shape index (κ2) is 13.1. The van der Waals surface area contributed by atoms with E-state index in [9.17, 15) is 0 Å². The molecule has 1 rings (SSSR count). The van der Waals surface area contributed by atoms with Crippen LogP contribution in [0.25, 0.3) is 10.4 Å². The molecule has 116 valence electrons. The number of rotatable bonds is 13. The number of ether oxygens (including phenoxy) is 3. The zero-order valence-electron chi connectivity index (χ0n) is 12.0. The molecular formula is C14H21N3O4. The Morgan fingerprint density at radius 1 is 0.857 bits per heavy atom. The molecule has 0 aliphatic heterocycles. The summed E-state index contributed by atoms with van der Waals surface area (Å²) >= 11 is 0. The Balaban J connectivity index is 1.77. The first-order chi connectivity index (χ1) is 10.4. The minimum absolute atomic E-state index is 0.251. The van der Waals surface area contributed by atoms with Crippen LogP contribution in [-0.2, 0) is 14.3 Å². The van der Waals surface area contributed by atoms with Crippen molar-refractivity contribution >= 4 is 0 Å². The lowest BCUT2D eigenvalue weighted by Gasteiger charge is -2.07. The van der Waals surface area contributed by atoms with Crippen LogP contribution in [0, 0.1) is 0 Å². The molecule has 0 aromatic heterocycles. The van der Waals surface area contributed by atoms with Crippen LogP contribution in [0.4, 0.5) is 0 Å². The predicted molar refractivity (Wildman–Crippen MR) is 77.9 cm³/mol. The molecule has 21 heavy (non-hydrogen) atoms. The van der Waals surface area contributed by atoms with E-state index in [0.717, 1.165) is 18.6 Å². The first-order valence-corrected chi connectivity index (χ1v) is 6.93. The number of azide groups is 1. The number of unbranched alkanes of at least 4 members (excludes halogenated alkanes) is 1. The maximum absolute atomic E-state index is 7.96. The van der Waals surface area contributed by atoms with Gasteiger partial charge in [0.25, 0.3) is 0 Å². The second-order valence-corrected chi connectivity index (χ2v) is 4.10. The van der Waals surface area contributed by atoms with Gasteiger partial charge in [-0.25, -0.2) is 0 Å². The summed E-state index contributed by atoms with van der Waals surface area (Å²) in [7, 11) is 0. The molecule has 0 atom stereocenters. The Morgan fingerprint density at radius 2 is 1.52 bits per heavy atom. The molecule has 7 nitrogen and oxygen atoms in total. The molecule has 7 heteroatoms. The Labute approximate surface area is 124 Å². The lowest BCUT2D eigenvalue weighted by Crippen LogP contribution is -2.09.